The average molecular weight is 394 g/mol. The molecule has 9 heteroatoms. The molecule has 0 fully saturated rings. The molecule has 0 radical (unpaired) electrons. The summed E-state index contributed by atoms with van der Waals surface area (Å²) in [6.45, 7) is 1.82. The fourth-order valence-corrected chi connectivity index (χ4v) is 2.85. The summed E-state index contributed by atoms with van der Waals surface area (Å²) in [6, 6.07) is 6.85. The molecule has 28 heavy (non-hydrogen) atoms. The molecule has 2 heterocycles. The summed E-state index contributed by atoms with van der Waals surface area (Å²) in [5.41, 5.74) is 0.703. The maximum Gasteiger partial charge on any atom is 1.00 e. The Morgan fingerprint density at radius 3 is 2.68 bits per heavy atom. The van der Waals surface area contributed by atoms with Gasteiger partial charge in [0.05, 0.1) is 22.9 Å². The quantitative estimate of drug-likeness (QED) is 0.590. The van der Waals surface area contributed by atoms with E-state index in [1.54, 1.807) is 0 Å². The Labute approximate surface area is 177 Å². The van der Waals surface area contributed by atoms with E-state index < -0.39 is 17.3 Å². The smallest absolute Gasteiger partial charge is 0.545 e. The van der Waals surface area contributed by atoms with Crippen LogP contribution in [0.2, 0.25) is 5.02 Å². The molecule has 2 aromatic heterocycles. The van der Waals surface area contributed by atoms with E-state index in [2.05, 4.69) is 15.3 Å². The number of H-pyrrole nitrogens is 1. The number of aryl methyl sites for hydroxylation is 1. The van der Waals surface area contributed by atoms with Crippen LogP contribution >= 0.6 is 11.6 Å². The number of nitrogens with zero attached hydrogens (tertiary/aromatic N) is 1. The first-order valence-electron chi connectivity index (χ1n) is 8.04. The Balaban J connectivity index is 0.00000280. The predicted molar refractivity (Wildman–Crippen MR) is 98.7 cm³/mol. The molecule has 0 unspecified atom stereocenters. The largest absolute Gasteiger partial charge is 1.00 e. The Bertz CT molecular complexity index is 1090. The molecule has 0 aliphatic carbocycles. The van der Waals surface area contributed by atoms with Crippen LogP contribution < -0.4 is 34.8 Å². The van der Waals surface area contributed by atoms with Crippen molar-refractivity contribution < 1.29 is 33.2 Å². The zero-order valence-electron chi connectivity index (χ0n) is 15.2. The number of aromatic amines is 1. The molecule has 0 spiro atoms. The minimum atomic E-state index is -1.39. The van der Waals surface area contributed by atoms with Gasteiger partial charge in [0.15, 0.2) is 0 Å². The van der Waals surface area contributed by atoms with Crippen molar-refractivity contribution >= 4 is 28.9 Å². The third-order valence-corrected chi connectivity index (χ3v) is 4.24. The van der Waals surface area contributed by atoms with Crippen molar-refractivity contribution in [1.82, 2.24) is 9.97 Å². The molecule has 0 aliphatic heterocycles. The summed E-state index contributed by atoms with van der Waals surface area (Å²) < 4.78 is 14.2. The molecule has 0 saturated heterocycles. The average Bonchev–Trinajstić information content (AvgIpc) is 2.65. The molecule has 6 nitrogen and oxygen atoms in total. The van der Waals surface area contributed by atoms with Gasteiger partial charge in [0, 0.05) is 34.2 Å². The summed E-state index contributed by atoms with van der Waals surface area (Å²) in [5, 5.41) is 14.5. The zero-order valence-corrected chi connectivity index (χ0v) is 15.9. The fraction of sp³-hybridized carbons (Fsp3) is 0.105. The van der Waals surface area contributed by atoms with Crippen molar-refractivity contribution in [2.45, 2.75) is 13.3 Å². The normalized spacial score (nSPS) is 10.2. The van der Waals surface area contributed by atoms with Gasteiger partial charge < -0.3 is 20.2 Å². The number of hydrogen-bond acceptors (Lipinski definition) is 5. The van der Waals surface area contributed by atoms with Crippen LogP contribution in [0.3, 0.4) is 0 Å². The van der Waals surface area contributed by atoms with Gasteiger partial charge in [-0.1, -0.05) is 18.5 Å². The molecule has 2 N–H and O–H groups in total. The van der Waals surface area contributed by atoms with Crippen molar-refractivity contribution in [2.75, 3.05) is 5.32 Å². The number of carbonyl (C=O) groups excluding carboxylic acids is 1. The van der Waals surface area contributed by atoms with E-state index in [-0.39, 0.29) is 46.3 Å². The SMILES string of the molecule is CCc1[nH]c(=O)c(-c2cc(Cl)ccc2F)cc1Nc1ccncc1C(=O)[O-].[Li+]. The number of hydrogen-bond donors (Lipinski definition) is 2. The van der Waals surface area contributed by atoms with Gasteiger partial charge in [0.2, 0.25) is 0 Å². The van der Waals surface area contributed by atoms with Crippen molar-refractivity contribution in [3.63, 3.8) is 0 Å². The molecule has 1 aromatic carbocycles. The van der Waals surface area contributed by atoms with Gasteiger partial charge in [0.1, 0.15) is 5.82 Å². The number of benzene rings is 1. The molecule has 138 valence electrons. The maximum atomic E-state index is 14.2. The second-order valence-electron chi connectivity index (χ2n) is 5.72. The summed E-state index contributed by atoms with van der Waals surface area (Å²) in [7, 11) is 0. The topological polar surface area (TPSA) is 97.9 Å². The first-order chi connectivity index (χ1) is 12.9. The summed E-state index contributed by atoms with van der Waals surface area (Å²) in [6.07, 6.45) is 3.04. The second-order valence-corrected chi connectivity index (χ2v) is 6.15. The van der Waals surface area contributed by atoms with Crippen LogP contribution in [0.1, 0.15) is 23.0 Å². The van der Waals surface area contributed by atoms with E-state index in [1.807, 2.05) is 6.92 Å². The van der Waals surface area contributed by atoms with Gasteiger partial charge in [-0.2, -0.15) is 0 Å². The molecule has 3 aromatic rings. The molecular formula is C19H14ClFLiN3O3. The first kappa shape index (κ1) is 21.7. The van der Waals surface area contributed by atoms with E-state index in [9.17, 15) is 19.1 Å². The number of rotatable bonds is 5. The monoisotopic (exact) mass is 393 g/mol. The van der Waals surface area contributed by atoms with Crippen molar-refractivity contribution in [1.29, 1.82) is 0 Å². The van der Waals surface area contributed by atoms with Crippen LogP contribution in [-0.4, -0.2) is 15.9 Å². The van der Waals surface area contributed by atoms with E-state index in [0.29, 0.717) is 17.8 Å². The molecule has 0 aliphatic rings. The Morgan fingerprint density at radius 1 is 1.25 bits per heavy atom. The number of aromatic carboxylic acids is 1. The number of aromatic nitrogens is 2. The third kappa shape index (κ3) is 4.45. The van der Waals surface area contributed by atoms with Gasteiger partial charge in [-0.3, -0.25) is 9.78 Å². The van der Waals surface area contributed by atoms with Gasteiger partial charge in [-0.25, -0.2) is 4.39 Å². The number of nitrogens with one attached hydrogen (secondary N) is 2. The van der Waals surface area contributed by atoms with E-state index in [0.717, 1.165) is 6.20 Å². The van der Waals surface area contributed by atoms with Crippen LogP contribution in [0, 0.1) is 5.82 Å². The molecule has 0 atom stereocenters. The minimum absolute atomic E-state index is 0. The summed E-state index contributed by atoms with van der Waals surface area (Å²) >= 11 is 5.93. The summed E-state index contributed by atoms with van der Waals surface area (Å²) in [4.78, 5) is 30.2. The van der Waals surface area contributed by atoms with Crippen LogP contribution in [0.15, 0.2) is 47.5 Å². The first-order valence-corrected chi connectivity index (χ1v) is 8.42. The Hall–Kier alpha value is -2.59. The number of carboxylic acid groups (broad SMARTS) is 1. The van der Waals surface area contributed by atoms with Gasteiger partial charge in [-0.15, -0.1) is 0 Å². The number of carbonyl (C=O) groups is 1. The van der Waals surface area contributed by atoms with E-state index in [4.69, 9.17) is 11.6 Å². The summed E-state index contributed by atoms with van der Waals surface area (Å²) in [5.74, 6) is -1.99. The van der Waals surface area contributed by atoms with Crippen LogP contribution in [-0.2, 0) is 6.42 Å². The van der Waals surface area contributed by atoms with Crippen LogP contribution in [0.4, 0.5) is 15.8 Å². The van der Waals surface area contributed by atoms with Gasteiger partial charge in [-0.05, 0) is 36.8 Å². The number of halogens is 2. The van der Waals surface area contributed by atoms with Crippen molar-refractivity contribution in [2.24, 2.45) is 0 Å². The molecular weight excluding hydrogens is 380 g/mol. The van der Waals surface area contributed by atoms with E-state index >= 15 is 0 Å². The molecule has 0 saturated carbocycles. The van der Waals surface area contributed by atoms with E-state index in [1.165, 1.54) is 36.5 Å². The predicted octanol–water partition coefficient (Wildman–Crippen LogP) is -0.0971. The molecule has 0 bridgehead atoms. The number of carboxylic acids is 1. The van der Waals surface area contributed by atoms with Crippen molar-refractivity contribution in [3.05, 3.63) is 75.2 Å². The van der Waals surface area contributed by atoms with Crippen LogP contribution in [0.25, 0.3) is 11.1 Å². The molecule has 3 rings (SSSR count). The number of pyridine rings is 2. The molecule has 0 amide bonds. The zero-order chi connectivity index (χ0) is 19.6. The number of anilines is 2. The Morgan fingerprint density at radius 2 is 2.00 bits per heavy atom. The maximum absolute atomic E-state index is 14.2. The van der Waals surface area contributed by atoms with Gasteiger partial charge >= 0.3 is 18.9 Å². The third-order valence-electron chi connectivity index (χ3n) is 4.01. The van der Waals surface area contributed by atoms with Gasteiger partial charge in [0.25, 0.3) is 5.56 Å². The minimum Gasteiger partial charge on any atom is -0.545 e. The van der Waals surface area contributed by atoms with Crippen molar-refractivity contribution in [3.8, 4) is 11.1 Å². The standard InChI is InChI=1S/C19H15ClFN3O3.Li/c1-2-15-17(23-16-5-6-22-9-13(16)19(26)27)8-12(18(25)24-15)11-7-10(20)3-4-14(11)21;/h3-9H,2H2,1H3,(H,22,23)(H,24,25)(H,26,27);/q;+1/p-1. The van der Waals surface area contributed by atoms with Crippen LogP contribution in [0.5, 0.6) is 0 Å². The Kier molecular flexibility index (Phi) is 7.03. The second kappa shape index (κ2) is 9.07. The fourth-order valence-electron chi connectivity index (χ4n) is 2.67.